The average molecular weight is 197 g/mol. The molecular weight excluding hydrogens is 182 g/mol. The van der Waals surface area contributed by atoms with Crippen LogP contribution in [-0.2, 0) is 22.6 Å². The van der Waals surface area contributed by atoms with Crippen LogP contribution in [0, 0.1) is 0 Å². The van der Waals surface area contributed by atoms with Crippen LogP contribution in [-0.4, -0.2) is 22.4 Å². The van der Waals surface area contributed by atoms with Gasteiger partial charge in [0.2, 0.25) is 0 Å². The Labute approximate surface area is 82.8 Å². The minimum atomic E-state index is -0.197. The highest BCUT2D eigenvalue weighted by atomic mass is 16.5. The van der Waals surface area contributed by atoms with Gasteiger partial charge in [0, 0.05) is 18.3 Å². The second kappa shape index (κ2) is 5.39. The summed E-state index contributed by atoms with van der Waals surface area (Å²) in [7, 11) is 0. The van der Waals surface area contributed by atoms with Gasteiger partial charge in [0.25, 0.3) is 0 Å². The van der Waals surface area contributed by atoms with Crippen LogP contribution in [0.2, 0.25) is 0 Å². The van der Waals surface area contributed by atoms with Crippen molar-refractivity contribution < 1.29 is 9.53 Å². The fourth-order valence-electron chi connectivity index (χ4n) is 1.07. The molecule has 0 aromatic carbocycles. The van der Waals surface area contributed by atoms with Crippen molar-refractivity contribution >= 4 is 5.97 Å². The average Bonchev–Trinajstić information content (AvgIpc) is 2.63. The molecule has 5 heteroatoms. The zero-order valence-corrected chi connectivity index (χ0v) is 8.27. The topological polar surface area (TPSA) is 70.1 Å². The zero-order valence-electron chi connectivity index (χ0n) is 8.27. The van der Waals surface area contributed by atoms with E-state index in [-0.39, 0.29) is 5.97 Å². The smallest absolute Gasteiger partial charge is 0.307 e. The predicted octanol–water partition coefficient (Wildman–Crippen LogP) is 0.295. The Morgan fingerprint density at radius 2 is 2.50 bits per heavy atom. The molecule has 5 nitrogen and oxygen atoms in total. The van der Waals surface area contributed by atoms with E-state index >= 15 is 0 Å². The number of hydrogen-bond acceptors (Lipinski definition) is 4. The van der Waals surface area contributed by atoms with Crippen LogP contribution in [0.5, 0.6) is 0 Å². The Kier molecular flexibility index (Phi) is 4.12. The van der Waals surface area contributed by atoms with Crippen molar-refractivity contribution in [3.63, 3.8) is 0 Å². The Balaban J connectivity index is 2.34. The third-order valence-corrected chi connectivity index (χ3v) is 1.77. The maximum atomic E-state index is 11.0. The van der Waals surface area contributed by atoms with Gasteiger partial charge >= 0.3 is 5.97 Å². The van der Waals surface area contributed by atoms with Crippen LogP contribution in [0.15, 0.2) is 12.4 Å². The summed E-state index contributed by atoms with van der Waals surface area (Å²) in [5.41, 5.74) is 6.39. The Hall–Kier alpha value is -1.36. The lowest BCUT2D eigenvalue weighted by Gasteiger charge is -2.01. The first kappa shape index (κ1) is 10.7. The molecule has 78 valence electrons. The minimum Gasteiger partial charge on any atom is -0.466 e. The molecular formula is C9H15N3O2. The number of aryl methyl sites for hydroxylation is 1. The molecule has 0 aliphatic rings. The van der Waals surface area contributed by atoms with Crippen molar-refractivity contribution in [1.82, 2.24) is 9.78 Å². The van der Waals surface area contributed by atoms with E-state index in [1.54, 1.807) is 17.8 Å². The lowest BCUT2D eigenvalue weighted by molar-refractivity contribution is -0.143. The second-order valence-electron chi connectivity index (χ2n) is 2.87. The van der Waals surface area contributed by atoms with E-state index in [0.717, 1.165) is 5.56 Å². The first-order chi connectivity index (χ1) is 6.76. The Bertz CT molecular complexity index is 296. The molecule has 0 atom stereocenters. The molecule has 0 radical (unpaired) electrons. The van der Waals surface area contributed by atoms with Gasteiger partial charge < -0.3 is 10.5 Å². The number of aromatic nitrogens is 2. The standard InChI is InChI=1S/C9H15N3O2/c1-2-14-9(13)3-4-12-7-8(5-10)6-11-12/h6-7H,2-5,10H2,1H3. The highest BCUT2D eigenvalue weighted by molar-refractivity contribution is 5.69. The number of rotatable bonds is 5. The molecule has 0 bridgehead atoms. The van der Waals surface area contributed by atoms with Crippen molar-refractivity contribution in [1.29, 1.82) is 0 Å². The fourth-order valence-corrected chi connectivity index (χ4v) is 1.07. The van der Waals surface area contributed by atoms with Crippen LogP contribution in [0.3, 0.4) is 0 Å². The Morgan fingerprint density at radius 1 is 1.71 bits per heavy atom. The number of esters is 1. The van der Waals surface area contributed by atoms with Crippen LogP contribution in [0.4, 0.5) is 0 Å². The van der Waals surface area contributed by atoms with E-state index in [1.807, 2.05) is 6.20 Å². The summed E-state index contributed by atoms with van der Waals surface area (Å²) in [4.78, 5) is 11.0. The molecule has 14 heavy (non-hydrogen) atoms. The van der Waals surface area contributed by atoms with Gasteiger partial charge in [-0.2, -0.15) is 5.10 Å². The summed E-state index contributed by atoms with van der Waals surface area (Å²) in [5.74, 6) is -0.197. The van der Waals surface area contributed by atoms with Gasteiger partial charge in [0.15, 0.2) is 0 Å². The van der Waals surface area contributed by atoms with Gasteiger partial charge in [0.1, 0.15) is 0 Å². The normalized spacial score (nSPS) is 10.1. The Morgan fingerprint density at radius 3 is 3.07 bits per heavy atom. The molecule has 1 rings (SSSR count). The van der Waals surface area contributed by atoms with Gasteiger partial charge in [0.05, 0.1) is 25.8 Å². The fraction of sp³-hybridized carbons (Fsp3) is 0.556. The number of nitrogens with zero attached hydrogens (tertiary/aromatic N) is 2. The highest BCUT2D eigenvalue weighted by Gasteiger charge is 2.02. The van der Waals surface area contributed by atoms with Crippen LogP contribution >= 0.6 is 0 Å². The highest BCUT2D eigenvalue weighted by Crippen LogP contribution is 1.98. The van der Waals surface area contributed by atoms with Crippen LogP contribution in [0.25, 0.3) is 0 Å². The van der Waals surface area contributed by atoms with Crippen molar-refractivity contribution in [2.75, 3.05) is 6.61 Å². The van der Waals surface area contributed by atoms with Crippen molar-refractivity contribution in [2.45, 2.75) is 26.4 Å². The molecule has 1 heterocycles. The molecule has 0 saturated carbocycles. The van der Waals surface area contributed by atoms with E-state index in [2.05, 4.69) is 5.10 Å². The molecule has 0 aliphatic carbocycles. The molecule has 0 unspecified atom stereocenters. The van der Waals surface area contributed by atoms with E-state index < -0.39 is 0 Å². The predicted molar refractivity (Wildman–Crippen MR) is 51.4 cm³/mol. The lowest BCUT2D eigenvalue weighted by Crippen LogP contribution is -2.09. The number of carbonyl (C=O) groups excluding carboxylic acids is 1. The number of hydrogen-bond donors (Lipinski definition) is 1. The minimum absolute atomic E-state index is 0.197. The largest absolute Gasteiger partial charge is 0.466 e. The molecule has 2 N–H and O–H groups in total. The summed E-state index contributed by atoms with van der Waals surface area (Å²) < 4.78 is 6.49. The quantitative estimate of drug-likeness (QED) is 0.689. The van der Waals surface area contributed by atoms with Gasteiger partial charge in [-0.1, -0.05) is 0 Å². The van der Waals surface area contributed by atoms with Crippen LogP contribution < -0.4 is 5.73 Å². The maximum absolute atomic E-state index is 11.0. The van der Waals surface area contributed by atoms with Crippen LogP contribution in [0.1, 0.15) is 18.9 Å². The monoisotopic (exact) mass is 197 g/mol. The zero-order chi connectivity index (χ0) is 10.4. The lowest BCUT2D eigenvalue weighted by atomic mass is 10.4. The molecule has 0 saturated heterocycles. The number of nitrogens with two attached hydrogens (primary N) is 1. The third-order valence-electron chi connectivity index (χ3n) is 1.77. The SMILES string of the molecule is CCOC(=O)CCn1cc(CN)cn1. The van der Waals surface area contributed by atoms with Gasteiger partial charge in [-0.25, -0.2) is 0 Å². The van der Waals surface area contributed by atoms with E-state index in [4.69, 9.17) is 10.5 Å². The third kappa shape index (κ3) is 3.18. The van der Waals surface area contributed by atoms with Gasteiger partial charge in [-0.05, 0) is 6.92 Å². The van der Waals surface area contributed by atoms with Gasteiger partial charge in [-0.15, -0.1) is 0 Å². The van der Waals surface area contributed by atoms with Crippen molar-refractivity contribution in [3.8, 4) is 0 Å². The van der Waals surface area contributed by atoms with E-state index in [9.17, 15) is 4.79 Å². The number of carbonyl (C=O) groups is 1. The van der Waals surface area contributed by atoms with E-state index in [1.165, 1.54) is 0 Å². The summed E-state index contributed by atoms with van der Waals surface area (Å²) in [6.45, 7) is 3.22. The van der Waals surface area contributed by atoms with E-state index in [0.29, 0.717) is 26.1 Å². The van der Waals surface area contributed by atoms with Crippen molar-refractivity contribution in [2.24, 2.45) is 5.73 Å². The summed E-state index contributed by atoms with van der Waals surface area (Å²) in [6.07, 6.45) is 3.88. The maximum Gasteiger partial charge on any atom is 0.307 e. The first-order valence-corrected chi connectivity index (χ1v) is 4.63. The number of ether oxygens (including phenoxy) is 1. The van der Waals surface area contributed by atoms with Crippen molar-refractivity contribution in [3.05, 3.63) is 18.0 Å². The summed E-state index contributed by atoms with van der Waals surface area (Å²) in [5, 5.41) is 4.05. The molecule has 1 aromatic heterocycles. The summed E-state index contributed by atoms with van der Waals surface area (Å²) >= 11 is 0. The molecule has 0 aliphatic heterocycles. The first-order valence-electron chi connectivity index (χ1n) is 4.63. The summed E-state index contributed by atoms with van der Waals surface area (Å²) in [6, 6.07) is 0. The molecule has 0 fully saturated rings. The molecule has 0 spiro atoms. The van der Waals surface area contributed by atoms with Gasteiger partial charge in [-0.3, -0.25) is 9.48 Å². The molecule has 0 amide bonds. The molecule has 1 aromatic rings. The second-order valence-corrected chi connectivity index (χ2v) is 2.87.